The highest BCUT2D eigenvalue weighted by molar-refractivity contribution is 7.99. The van der Waals surface area contributed by atoms with Crippen LogP contribution in [0.25, 0.3) is 5.57 Å². The molecule has 4 N–H and O–H groups in total. The number of hydrogen-bond donors (Lipinski definition) is 4. The van der Waals surface area contributed by atoms with Crippen LogP contribution in [0, 0.1) is 0 Å². The van der Waals surface area contributed by atoms with Gasteiger partial charge < -0.3 is 25.4 Å². The summed E-state index contributed by atoms with van der Waals surface area (Å²) in [5.74, 6) is -0.587. The van der Waals surface area contributed by atoms with Crippen molar-refractivity contribution >= 4 is 77.7 Å². The lowest BCUT2D eigenvalue weighted by Crippen LogP contribution is -2.39. The zero-order chi connectivity index (χ0) is 43.5. The van der Waals surface area contributed by atoms with Gasteiger partial charge in [-0.1, -0.05) is 41.9 Å². The first-order chi connectivity index (χ1) is 29.2. The Morgan fingerprint density at radius 1 is 0.885 bits per heavy atom. The summed E-state index contributed by atoms with van der Waals surface area (Å²) in [5, 5.41) is 10.4. The molecular formula is C42H47Cl2F2N5O7S3. The number of halogens is 4. The monoisotopic (exact) mass is 937 g/mol. The maximum atomic E-state index is 14.5. The number of morpholine rings is 1. The maximum absolute atomic E-state index is 14.5. The molecule has 61 heavy (non-hydrogen) atoms. The van der Waals surface area contributed by atoms with Crippen molar-refractivity contribution in [2.24, 2.45) is 0 Å². The molecule has 6 rings (SSSR count). The third-order valence-corrected chi connectivity index (χ3v) is 14.9. The van der Waals surface area contributed by atoms with Crippen molar-refractivity contribution in [3.8, 4) is 0 Å². The molecule has 0 unspecified atom stereocenters. The van der Waals surface area contributed by atoms with Crippen LogP contribution in [0.2, 0.25) is 5.02 Å². The Kier molecular flexibility index (Phi) is 16.5. The SMILES string of the molecule is O=C(NS(=O)(=O)c1ccc(N[C@H](CCN2CCOCC2)CSc2ccccc2)c(S(=O)(=O)C(F)(F)Cl)c1)c1ccc(NCCNCC2=C(c3ccc(Cl)cc3)CCOC2)cc1. The third kappa shape index (κ3) is 13.1. The van der Waals surface area contributed by atoms with Gasteiger partial charge >= 0.3 is 4.71 Å². The Hall–Kier alpha value is -3.78. The molecule has 2 heterocycles. The molecule has 0 saturated carbocycles. The van der Waals surface area contributed by atoms with E-state index in [1.807, 2.05) is 59.3 Å². The minimum atomic E-state index is -5.62. The summed E-state index contributed by atoms with van der Waals surface area (Å²) in [7, 11) is -10.4. The fourth-order valence-corrected chi connectivity index (χ4v) is 10.1. The largest absolute Gasteiger partial charge is 0.427 e. The zero-order valence-electron chi connectivity index (χ0n) is 33.0. The molecule has 0 aromatic heterocycles. The molecular weight excluding hydrogens is 892 g/mol. The number of alkyl halides is 3. The molecule has 328 valence electrons. The van der Waals surface area contributed by atoms with E-state index < -0.39 is 46.3 Å². The quantitative estimate of drug-likeness (QED) is 0.0403. The minimum absolute atomic E-state index is 0.0105. The molecule has 0 spiro atoms. The van der Waals surface area contributed by atoms with Crippen LogP contribution in [-0.4, -0.2) is 110 Å². The highest BCUT2D eigenvalue weighted by Crippen LogP contribution is 2.38. The van der Waals surface area contributed by atoms with Gasteiger partial charge in [0, 0.05) is 72.2 Å². The van der Waals surface area contributed by atoms with Crippen LogP contribution in [0.3, 0.4) is 0 Å². The van der Waals surface area contributed by atoms with Gasteiger partial charge in [0.05, 0.1) is 41.9 Å². The van der Waals surface area contributed by atoms with Crippen molar-refractivity contribution < 1.29 is 39.9 Å². The first-order valence-corrected chi connectivity index (χ1v) is 24.3. The number of carbonyl (C=O) groups excluding carboxylic acids is 1. The average Bonchev–Trinajstić information content (AvgIpc) is 3.25. The van der Waals surface area contributed by atoms with E-state index >= 15 is 0 Å². The van der Waals surface area contributed by atoms with E-state index in [2.05, 4.69) is 20.9 Å². The number of carbonyl (C=O) groups is 1. The number of sulfone groups is 1. The Balaban J connectivity index is 1.09. The molecule has 2 aliphatic rings. The van der Waals surface area contributed by atoms with E-state index in [4.69, 9.17) is 32.7 Å². The molecule has 1 saturated heterocycles. The molecule has 1 atom stereocenters. The topological polar surface area (TPSA) is 155 Å². The smallest absolute Gasteiger partial charge is 0.384 e. The Labute approximate surface area is 369 Å². The number of nitrogens with zero attached hydrogens (tertiary/aromatic N) is 1. The molecule has 4 aromatic rings. The van der Waals surface area contributed by atoms with Gasteiger partial charge in [0.15, 0.2) is 0 Å². The summed E-state index contributed by atoms with van der Waals surface area (Å²) in [5.41, 5.74) is 3.93. The number of sulfonamides is 1. The van der Waals surface area contributed by atoms with E-state index in [0.717, 1.165) is 29.0 Å². The molecule has 4 aromatic carbocycles. The number of thioether (sulfide) groups is 1. The molecule has 2 aliphatic heterocycles. The van der Waals surface area contributed by atoms with Gasteiger partial charge in [-0.15, -0.1) is 11.8 Å². The summed E-state index contributed by atoms with van der Waals surface area (Å²) in [6.07, 6.45) is 1.31. The average molecular weight is 939 g/mol. The fourth-order valence-electron chi connectivity index (χ4n) is 6.73. The number of hydrogen-bond acceptors (Lipinski definition) is 12. The van der Waals surface area contributed by atoms with Crippen LogP contribution in [0.15, 0.2) is 117 Å². The standard InChI is InChI=1S/C42H47Cl2F2N5O7S3/c43-33-10-6-30(7-11-33)38-17-23-58-28-32(38)27-47-18-19-48-34-12-8-31(9-13-34)41(52)50-61(55,56)37-14-15-39(40(26-37)60(53,54)42(44,45)46)49-35(16-20-51-21-24-57-25-22-51)29-59-36-4-2-1-3-5-36/h1-15,26,35,47-49H,16-25,27-29H2,(H,50,52)/t35-/m1/s1. The number of ether oxygens (including phenoxy) is 2. The van der Waals surface area contributed by atoms with E-state index in [9.17, 15) is 30.4 Å². The van der Waals surface area contributed by atoms with E-state index in [1.165, 1.54) is 35.0 Å². The molecule has 1 amide bonds. The van der Waals surface area contributed by atoms with Gasteiger partial charge in [-0.05, 0) is 108 Å². The first-order valence-electron chi connectivity index (χ1n) is 19.6. The van der Waals surface area contributed by atoms with Crippen LogP contribution in [0.4, 0.5) is 20.2 Å². The minimum Gasteiger partial charge on any atom is -0.384 e. The lowest BCUT2D eigenvalue weighted by Gasteiger charge is -2.29. The molecule has 19 heteroatoms. The number of benzene rings is 4. The van der Waals surface area contributed by atoms with Gasteiger partial charge in [0.2, 0.25) is 0 Å². The second-order valence-electron chi connectivity index (χ2n) is 14.3. The maximum Gasteiger partial charge on any atom is 0.427 e. The zero-order valence-corrected chi connectivity index (χ0v) is 37.0. The fraction of sp³-hybridized carbons (Fsp3) is 0.357. The molecule has 0 aliphatic carbocycles. The second kappa shape index (κ2) is 21.5. The molecule has 0 bridgehead atoms. The summed E-state index contributed by atoms with van der Waals surface area (Å²) in [6, 6.07) is 25.6. The van der Waals surface area contributed by atoms with Gasteiger partial charge in [-0.25, -0.2) is 21.6 Å². The van der Waals surface area contributed by atoms with Crippen LogP contribution in [-0.2, 0) is 29.3 Å². The molecule has 1 fully saturated rings. The highest BCUT2D eigenvalue weighted by atomic mass is 35.5. The van der Waals surface area contributed by atoms with Crippen LogP contribution in [0.1, 0.15) is 28.8 Å². The van der Waals surface area contributed by atoms with Crippen LogP contribution in [0.5, 0.6) is 0 Å². The summed E-state index contributed by atoms with van der Waals surface area (Å²) >= 11 is 12.7. The Morgan fingerprint density at radius 2 is 1.61 bits per heavy atom. The molecule has 0 radical (unpaired) electrons. The highest BCUT2D eigenvalue weighted by Gasteiger charge is 2.46. The van der Waals surface area contributed by atoms with Crippen LogP contribution < -0.4 is 20.7 Å². The number of nitrogens with one attached hydrogen (secondary N) is 4. The van der Waals surface area contributed by atoms with E-state index in [1.54, 1.807) is 12.1 Å². The number of amides is 1. The molecule has 12 nitrogen and oxygen atoms in total. The van der Waals surface area contributed by atoms with Gasteiger partial charge in [-0.3, -0.25) is 9.69 Å². The van der Waals surface area contributed by atoms with Crippen molar-refractivity contribution in [3.05, 3.63) is 119 Å². The second-order valence-corrected chi connectivity index (χ2v) is 20.2. The van der Waals surface area contributed by atoms with Crippen molar-refractivity contribution in [3.63, 3.8) is 0 Å². The summed E-state index contributed by atoms with van der Waals surface area (Å²) in [6.45, 7) is 6.15. The van der Waals surface area contributed by atoms with Crippen molar-refractivity contribution in [1.82, 2.24) is 14.9 Å². The van der Waals surface area contributed by atoms with Crippen molar-refractivity contribution in [2.75, 3.05) is 82.1 Å². The predicted molar refractivity (Wildman–Crippen MR) is 237 cm³/mol. The lowest BCUT2D eigenvalue weighted by molar-refractivity contribution is 0.0370. The summed E-state index contributed by atoms with van der Waals surface area (Å²) in [4.78, 5) is 14.5. The van der Waals surface area contributed by atoms with Gasteiger partial charge in [0.25, 0.3) is 25.8 Å². The van der Waals surface area contributed by atoms with Crippen molar-refractivity contribution in [1.29, 1.82) is 0 Å². The summed E-state index contributed by atoms with van der Waals surface area (Å²) < 4.78 is 90.7. The number of anilines is 2. The predicted octanol–water partition coefficient (Wildman–Crippen LogP) is 7.19. The van der Waals surface area contributed by atoms with E-state index in [-0.39, 0.29) is 11.3 Å². The van der Waals surface area contributed by atoms with E-state index in [0.29, 0.717) is 94.6 Å². The Morgan fingerprint density at radius 3 is 2.31 bits per heavy atom. The van der Waals surface area contributed by atoms with Crippen molar-refractivity contribution in [2.45, 2.75) is 38.3 Å². The number of rotatable bonds is 20. The normalized spacial score (nSPS) is 15.9. The lowest BCUT2D eigenvalue weighted by atomic mass is 9.96. The van der Waals surface area contributed by atoms with Gasteiger partial charge in [-0.2, -0.15) is 8.78 Å². The Bertz CT molecular complexity index is 2350. The van der Waals surface area contributed by atoms with Gasteiger partial charge in [0.1, 0.15) is 0 Å². The first kappa shape index (κ1) is 46.7. The third-order valence-electron chi connectivity index (χ3n) is 10.0. The van der Waals surface area contributed by atoms with Crippen LogP contribution >= 0.6 is 35.0 Å².